The molecule has 5 heteroatoms. The van der Waals surface area contributed by atoms with Crippen LogP contribution in [0.1, 0.15) is 32.3 Å². The Morgan fingerprint density at radius 2 is 2.22 bits per heavy atom. The van der Waals surface area contributed by atoms with Gasteiger partial charge >= 0.3 is 6.03 Å². The Bertz CT molecular complexity index is 562. The number of piperidine rings is 1. The fourth-order valence-electron chi connectivity index (χ4n) is 2.92. The first-order chi connectivity index (χ1) is 11.2. The molecule has 5 nitrogen and oxygen atoms in total. The minimum atomic E-state index is -0.107. The molecule has 0 saturated carbocycles. The lowest BCUT2D eigenvalue weighted by Gasteiger charge is -2.29. The quantitative estimate of drug-likeness (QED) is 0.907. The van der Waals surface area contributed by atoms with Crippen molar-refractivity contribution in [2.75, 3.05) is 31.5 Å². The van der Waals surface area contributed by atoms with Gasteiger partial charge in [0.1, 0.15) is 0 Å². The molecular weight excluding hydrogens is 288 g/mol. The van der Waals surface area contributed by atoms with Crippen molar-refractivity contribution in [3.8, 4) is 6.07 Å². The van der Waals surface area contributed by atoms with Crippen LogP contribution in [-0.2, 0) is 6.54 Å². The van der Waals surface area contributed by atoms with Crippen molar-refractivity contribution < 1.29 is 4.79 Å². The second kappa shape index (κ2) is 8.54. The van der Waals surface area contributed by atoms with E-state index in [-0.39, 0.29) is 11.9 Å². The molecule has 2 amide bonds. The topological polar surface area (TPSA) is 59.4 Å². The molecule has 1 fully saturated rings. The SMILES string of the molecule is CCN(CC)Cc1cccc(NC(=O)N2CCC[C@@H](C#N)C2)c1. The average Bonchev–Trinajstić information content (AvgIpc) is 2.60. The van der Waals surface area contributed by atoms with Gasteiger partial charge in [-0.15, -0.1) is 0 Å². The van der Waals surface area contributed by atoms with E-state index in [1.807, 2.05) is 18.2 Å². The summed E-state index contributed by atoms with van der Waals surface area (Å²) in [4.78, 5) is 16.5. The maximum atomic E-state index is 12.4. The number of hydrogen-bond donors (Lipinski definition) is 1. The Morgan fingerprint density at radius 1 is 1.43 bits per heavy atom. The van der Waals surface area contributed by atoms with Crippen molar-refractivity contribution in [2.45, 2.75) is 33.2 Å². The first-order valence-electron chi connectivity index (χ1n) is 8.43. The number of likely N-dealkylation sites (tertiary alicyclic amines) is 1. The molecule has 1 heterocycles. The monoisotopic (exact) mass is 314 g/mol. The molecule has 0 aliphatic carbocycles. The van der Waals surface area contributed by atoms with Gasteiger partial charge in [-0.2, -0.15) is 5.26 Å². The highest BCUT2D eigenvalue weighted by Gasteiger charge is 2.23. The standard InChI is InChI=1S/C18H26N4O/c1-3-21(4-2)13-15-7-5-9-17(11-15)20-18(23)22-10-6-8-16(12-19)14-22/h5,7,9,11,16H,3-4,6,8,10,13-14H2,1-2H3,(H,20,23)/t16-/m0/s1. The van der Waals surface area contributed by atoms with Crippen molar-refractivity contribution in [1.82, 2.24) is 9.80 Å². The number of nitriles is 1. The summed E-state index contributed by atoms with van der Waals surface area (Å²) >= 11 is 0. The average molecular weight is 314 g/mol. The number of anilines is 1. The molecule has 1 aromatic carbocycles. The Labute approximate surface area is 138 Å². The summed E-state index contributed by atoms with van der Waals surface area (Å²) in [6.07, 6.45) is 1.79. The van der Waals surface area contributed by atoms with Crippen LogP contribution in [-0.4, -0.2) is 42.0 Å². The van der Waals surface area contributed by atoms with E-state index in [1.165, 1.54) is 5.56 Å². The minimum absolute atomic E-state index is 0.0384. The summed E-state index contributed by atoms with van der Waals surface area (Å²) < 4.78 is 0. The molecule has 1 saturated heterocycles. The van der Waals surface area contributed by atoms with Crippen LogP contribution in [0, 0.1) is 17.2 Å². The zero-order valence-corrected chi connectivity index (χ0v) is 14.1. The normalized spacial score (nSPS) is 17.8. The number of benzene rings is 1. The molecule has 1 N–H and O–H groups in total. The maximum Gasteiger partial charge on any atom is 0.321 e. The van der Waals surface area contributed by atoms with Crippen LogP contribution < -0.4 is 5.32 Å². The molecule has 0 spiro atoms. The number of nitrogens with zero attached hydrogens (tertiary/aromatic N) is 3. The molecule has 1 aliphatic rings. The Kier molecular flexibility index (Phi) is 6.42. The van der Waals surface area contributed by atoms with Gasteiger partial charge < -0.3 is 10.2 Å². The third-order valence-corrected chi connectivity index (χ3v) is 4.37. The first-order valence-corrected chi connectivity index (χ1v) is 8.43. The van der Waals surface area contributed by atoms with Crippen LogP contribution in [0.4, 0.5) is 10.5 Å². The zero-order valence-electron chi connectivity index (χ0n) is 14.1. The van der Waals surface area contributed by atoms with Crippen molar-refractivity contribution in [1.29, 1.82) is 5.26 Å². The molecule has 0 radical (unpaired) electrons. The van der Waals surface area contributed by atoms with Gasteiger partial charge in [-0.3, -0.25) is 4.90 Å². The van der Waals surface area contributed by atoms with Crippen molar-refractivity contribution in [3.05, 3.63) is 29.8 Å². The highest BCUT2D eigenvalue weighted by molar-refractivity contribution is 5.89. The molecule has 1 aliphatic heterocycles. The van der Waals surface area contributed by atoms with Crippen LogP contribution in [0.15, 0.2) is 24.3 Å². The Morgan fingerprint density at radius 3 is 2.91 bits per heavy atom. The number of hydrogen-bond acceptors (Lipinski definition) is 3. The van der Waals surface area contributed by atoms with E-state index in [4.69, 9.17) is 5.26 Å². The van der Waals surface area contributed by atoms with Crippen molar-refractivity contribution in [2.24, 2.45) is 5.92 Å². The van der Waals surface area contributed by atoms with Gasteiger partial charge in [0.15, 0.2) is 0 Å². The van der Waals surface area contributed by atoms with Crippen LogP contribution in [0.25, 0.3) is 0 Å². The fraction of sp³-hybridized carbons (Fsp3) is 0.556. The number of amides is 2. The zero-order chi connectivity index (χ0) is 16.7. The van der Waals surface area contributed by atoms with Gasteiger partial charge in [-0.05, 0) is 43.6 Å². The number of nitrogens with one attached hydrogen (secondary N) is 1. The lowest BCUT2D eigenvalue weighted by molar-refractivity contribution is 0.189. The summed E-state index contributed by atoms with van der Waals surface area (Å²) in [7, 11) is 0. The molecule has 1 aromatic rings. The molecule has 23 heavy (non-hydrogen) atoms. The van der Waals surface area contributed by atoms with Gasteiger partial charge in [-0.1, -0.05) is 26.0 Å². The van der Waals surface area contributed by atoms with E-state index in [1.54, 1.807) is 4.90 Å². The van der Waals surface area contributed by atoms with Gasteiger partial charge in [0, 0.05) is 25.3 Å². The number of carbonyl (C=O) groups excluding carboxylic acids is 1. The second-order valence-electron chi connectivity index (χ2n) is 6.01. The van der Waals surface area contributed by atoms with Crippen molar-refractivity contribution >= 4 is 11.7 Å². The van der Waals surface area contributed by atoms with Gasteiger partial charge in [-0.25, -0.2) is 4.79 Å². The number of rotatable bonds is 5. The summed E-state index contributed by atoms with van der Waals surface area (Å²) in [6, 6.07) is 10.2. The predicted molar refractivity (Wildman–Crippen MR) is 92.0 cm³/mol. The van der Waals surface area contributed by atoms with Gasteiger partial charge in [0.05, 0.1) is 12.0 Å². The van der Waals surface area contributed by atoms with Crippen LogP contribution >= 0.6 is 0 Å². The lowest BCUT2D eigenvalue weighted by atomic mass is 10.0. The van der Waals surface area contributed by atoms with Gasteiger partial charge in [0.2, 0.25) is 0 Å². The summed E-state index contributed by atoms with van der Waals surface area (Å²) in [6.45, 7) is 8.46. The van der Waals surface area contributed by atoms with E-state index in [0.29, 0.717) is 6.54 Å². The smallest absolute Gasteiger partial charge is 0.321 e. The van der Waals surface area contributed by atoms with E-state index in [0.717, 1.165) is 44.7 Å². The largest absolute Gasteiger partial charge is 0.323 e. The van der Waals surface area contributed by atoms with Crippen LogP contribution in [0.3, 0.4) is 0 Å². The van der Waals surface area contributed by atoms with E-state index in [9.17, 15) is 4.79 Å². The Hall–Kier alpha value is -2.06. The third-order valence-electron chi connectivity index (χ3n) is 4.37. The number of urea groups is 1. The summed E-state index contributed by atoms with van der Waals surface area (Å²) in [5.41, 5.74) is 2.01. The van der Waals surface area contributed by atoms with E-state index >= 15 is 0 Å². The highest BCUT2D eigenvalue weighted by atomic mass is 16.2. The summed E-state index contributed by atoms with van der Waals surface area (Å²) in [5, 5.41) is 12.0. The molecule has 1 atom stereocenters. The highest BCUT2D eigenvalue weighted by Crippen LogP contribution is 2.18. The molecule has 124 valence electrons. The summed E-state index contributed by atoms with van der Waals surface area (Å²) in [5.74, 6) is -0.0384. The first kappa shape index (κ1) is 17.3. The van der Waals surface area contributed by atoms with Gasteiger partial charge in [0.25, 0.3) is 0 Å². The number of carbonyl (C=O) groups is 1. The minimum Gasteiger partial charge on any atom is -0.323 e. The van der Waals surface area contributed by atoms with Crippen LogP contribution in [0.2, 0.25) is 0 Å². The second-order valence-corrected chi connectivity index (χ2v) is 6.01. The molecular formula is C18H26N4O. The van der Waals surface area contributed by atoms with Crippen molar-refractivity contribution in [3.63, 3.8) is 0 Å². The van der Waals surface area contributed by atoms with E-state index in [2.05, 4.69) is 36.2 Å². The van der Waals surface area contributed by atoms with Crippen LogP contribution in [0.5, 0.6) is 0 Å². The van der Waals surface area contributed by atoms with E-state index < -0.39 is 0 Å². The molecule has 0 bridgehead atoms. The molecule has 0 unspecified atom stereocenters. The lowest BCUT2D eigenvalue weighted by Crippen LogP contribution is -2.42. The molecule has 0 aromatic heterocycles. The Balaban J connectivity index is 1.97. The fourth-order valence-corrected chi connectivity index (χ4v) is 2.92. The predicted octanol–water partition coefficient (Wildman–Crippen LogP) is 3.30. The maximum absolute atomic E-state index is 12.4. The third kappa shape index (κ3) is 4.97. The molecule has 2 rings (SSSR count).